The van der Waals surface area contributed by atoms with Gasteiger partial charge in [-0.1, -0.05) is 11.6 Å². The summed E-state index contributed by atoms with van der Waals surface area (Å²) in [5.41, 5.74) is 1.08. The molecule has 0 fully saturated rings. The van der Waals surface area contributed by atoms with Crippen molar-refractivity contribution in [3.63, 3.8) is 0 Å². The van der Waals surface area contributed by atoms with Crippen molar-refractivity contribution < 1.29 is 28.0 Å². The van der Waals surface area contributed by atoms with E-state index in [-0.39, 0.29) is 30.5 Å². The number of nitrogens with one attached hydrogen (secondary N) is 2. The number of urea groups is 1. The van der Waals surface area contributed by atoms with E-state index in [2.05, 4.69) is 15.7 Å². The van der Waals surface area contributed by atoms with E-state index in [4.69, 9.17) is 16.4 Å². The fraction of sp³-hybridized carbons (Fsp3) is 0.400. The Balaban J connectivity index is 1.63. The van der Waals surface area contributed by atoms with Gasteiger partial charge in [0.1, 0.15) is 16.5 Å². The topological polar surface area (TPSA) is 109 Å². The zero-order valence-electron chi connectivity index (χ0n) is 18.0. The smallest absolute Gasteiger partial charge is 0.322 e. The van der Waals surface area contributed by atoms with Crippen LogP contribution in [-0.4, -0.2) is 63.8 Å². The van der Waals surface area contributed by atoms with E-state index in [1.54, 1.807) is 6.92 Å². The van der Waals surface area contributed by atoms with Crippen LogP contribution in [-0.2, 0) is 29.1 Å². The van der Waals surface area contributed by atoms with Crippen LogP contribution in [0.2, 0.25) is 5.02 Å². The van der Waals surface area contributed by atoms with E-state index in [0.717, 1.165) is 17.2 Å². The lowest BCUT2D eigenvalue weighted by Crippen LogP contribution is -2.45. The number of hydrogen-bond donors (Lipinski definition) is 2. The Kier molecular flexibility index (Phi) is 5.97. The number of amides is 4. The van der Waals surface area contributed by atoms with Gasteiger partial charge in [0.2, 0.25) is 0 Å². The number of rotatable bonds is 2. The Labute approximate surface area is 192 Å². The molecule has 0 radical (unpaired) electrons. The first-order valence-electron chi connectivity index (χ1n) is 10.1. The maximum Gasteiger partial charge on any atom is 0.322 e. The van der Waals surface area contributed by atoms with Crippen molar-refractivity contribution in [2.75, 3.05) is 19.4 Å². The second-order valence-corrected chi connectivity index (χ2v) is 8.18. The van der Waals surface area contributed by atoms with Crippen LogP contribution in [0.25, 0.3) is 0 Å². The van der Waals surface area contributed by atoms with Gasteiger partial charge in [-0.05, 0) is 19.1 Å². The van der Waals surface area contributed by atoms with E-state index >= 15 is 0 Å². The summed E-state index contributed by atoms with van der Waals surface area (Å²) in [4.78, 5) is 44.9. The predicted octanol–water partition coefficient (Wildman–Crippen LogP) is 1.93. The van der Waals surface area contributed by atoms with Gasteiger partial charge in [-0.15, -0.1) is 0 Å². The molecular formula is C20H21ClF2N6O4. The highest BCUT2D eigenvalue weighted by atomic mass is 35.5. The van der Waals surface area contributed by atoms with Crippen molar-refractivity contribution in [3.05, 3.63) is 45.7 Å². The number of fused-ring (bicyclic) bond motifs is 3. The van der Waals surface area contributed by atoms with Gasteiger partial charge >= 0.3 is 6.03 Å². The molecule has 0 spiro atoms. The standard InChI is InChI=1S/C20H21ClF2N6O4/c1-9-6-13-10(7-28(9)20(32)25-12-5-4-11(22)15(21)16(12)23)17-19(31)27(3)33-14(18(30)24-2)8-29(17)26-13/h4-5,9,14H,6-8H2,1-3H3,(H,24,30)(H,25,32)/t9-,14+/m1/s1. The summed E-state index contributed by atoms with van der Waals surface area (Å²) in [6, 6.07) is 1.04. The summed E-state index contributed by atoms with van der Waals surface area (Å²) in [5, 5.41) is 9.64. The Morgan fingerprint density at radius 1 is 1.30 bits per heavy atom. The summed E-state index contributed by atoms with van der Waals surface area (Å²) in [6.07, 6.45) is -0.632. The molecule has 13 heteroatoms. The van der Waals surface area contributed by atoms with Crippen LogP contribution in [0.3, 0.4) is 0 Å². The van der Waals surface area contributed by atoms with Gasteiger partial charge in [0, 0.05) is 32.1 Å². The first-order chi connectivity index (χ1) is 15.6. The molecule has 2 aromatic rings. The number of likely N-dealkylation sites (N-methyl/N-ethyl adjacent to an activating group) is 1. The lowest BCUT2D eigenvalue weighted by molar-refractivity contribution is -0.168. The average molecular weight is 483 g/mol. The maximum absolute atomic E-state index is 14.3. The minimum Gasteiger partial charge on any atom is -0.357 e. The molecule has 2 aliphatic heterocycles. The minimum atomic E-state index is -1.08. The van der Waals surface area contributed by atoms with Crippen molar-refractivity contribution in [3.8, 4) is 0 Å². The number of aromatic nitrogens is 2. The molecule has 2 aliphatic rings. The summed E-state index contributed by atoms with van der Waals surface area (Å²) in [7, 11) is 2.85. The molecule has 176 valence electrons. The predicted molar refractivity (Wildman–Crippen MR) is 112 cm³/mol. The van der Waals surface area contributed by atoms with E-state index in [9.17, 15) is 23.2 Å². The summed E-state index contributed by atoms with van der Waals surface area (Å²) in [5.74, 6) is -2.94. The third kappa shape index (κ3) is 4.00. The van der Waals surface area contributed by atoms with Crippen molar-refractivity contribution in [1.82, 2.24) is 25.1 Å². The molecule has 0 unspecified atom stereocenters. The molecule has 2 atom stereocenters. The Bertz CT molecular complexity index is 1160. The molecule has 3 heterocycles. The number of carbonyl (C=O) groups excluding carboxylic acids is 3. The highest BCUT2D eigenvalue weighted by molar-refractivity contribution is 6.31. The first-order valence-corrected chi connectivity index (χ1v) is 10.5. The molecule has 0 saturated carbocycles. The van der Waals surface area contributed by atoms with Crippen molar-refractivity contribution in [1.29, 1.82) is 0 Å². The lowest BCUT2D eigenvalue weighted by atomic mass is 9.99. The molecule has 4 amide bonds. The summed E-state index contributed by atoms with van der Waals surface area (Å²) in [6.45, 7) is 1.81. The molecule has 0 bridgehead atoms. The van der Waals surface area contributed by atoms with Gasteiger partial charge in [-0.3, -0.25) is 19.1 Å². The van der Waals surface area contributed by atoms with Gasteiger partial charge in [0.15, 0.2) is 11.9 Å². The third-order valence-corrected chi connectivity index (χ3v) is 6.02. The van der Waals surface area contributed by atoms with Gasteiger partial charge in [0.25, 0.3) is 11.8 Å². The monoisotopic (exact) mass is 482 g/mol. The van der Waals surface area contributed by atoms with Crippen LogP contribution in [0.1, 0.15) is 28.7 Å². The number of carbonyl (C=O) groups is 3. The van der Waals surface area contributed by atoms with Crippen LogP contribution < -0.4 is 10.6 Å². The Morgan fingerprint density at radius 2 is 2.03 bits per heavy atom. The van der Waals surface area contributed by atoms with E-state index in [1.807, 2.05) is 0 Å². The number of hydroxylamine groups is 2. The fourth-order valence-electron chi connectivity index (χ4n) is 3.92. The molecule has 4 rings (SSSR count). The number of anilines is 1. The van der Waals surface area contributed by atoms with Crippen LogP contribution in [0, 0.1) is 11.6 Å². The largest absolute Gasteiger partial charge is 0.357 e. The Morgan fingerprint density at radius 3 is 2.73 bits per heavy atom. The van der Waals surface area contributed by atoms with E-state index < -0.39 is 40.6 Å². The van der Waals surface area contributed by atoms with Gasteiger partial charge in [0.05, 0.1) is 24.5 Å². The summed E-state index contributed by atoms with van der Waals surface area (Å²) < 4.78 is 29.1. The van der Waals surface area contributed by atoms with Gasteiger partial charge in [-0.2, -0.15) is 5.10 Å². The SMILES string of the molecule is CNC(=O)[C@@H]1Cn2nc3c(c2C(=O)N(C)O1)CN(C(=O)Nc1ccc(F)c(Cl)c1F)[C@H](C)C3. The molecule has 10 nitrogen and oxygen atoms in total. The van der Waals surface area contributed by atoms with Crippen molar-refractivity contribution >= 4 is 35.1 Å². The van der Waals surface area contributed by atoms with E-state index in [1.165, 1.54) is 23.7 Å². The van der Waals surface area contributed by atoms with Crippen LogP contribution >= 0.6 is 11.6 Å². The zero-order chi connectivity index (χ0) is 24.0. The molecule has 0 saturated heterocycles. The number of halogens is 3. The Hall–Kier alpha value is -3.25. The zero-order valence-corrected chi connectivity index (χ0v) is 18.7. The molecule has 2 N–H and O–H groups in total. The lowest BCUT2D eigenvalue weighted by Gasteiger charge is -2.33. The van der Waals surface area contributed by atoms with Crippen molar-refractivity contribution in [2.24, 2.45) is 0 Å². The third-order valence-electron chi connectivity index (χ3n) is 5.67. The summed E-state index contributed by atoms with van der Waals surface area (Å²) >= 11 is 5.59. The van der Waals surface area contributed by atoms with Gasteiger partial charge < -0.3 is 15.5 Å². The number of hydrogen-bond acceptors (Lipinski definition) is 5. The quantitative estimate of drug-likeness (QED) is 0.636. The van der Waals surface area contributed by atoms with Gasteiger partial charge in [-0.25, -0.2) is 18.6 Å². The second kappa shape index (κ2) is 8.60. The van der Waals surface area contributed by atoms with Crippen LogP contribution in [0.15, 0.2) is 12.1 Å². The highest BCUT2D eigenvalue weighted by Gasteiger charge is 2.39. The van der Waals surface area contributed by atoms with Crippen molar-refractivity contribution in [2.45, 2.75) is 38.6 Å². The maximum atomic E-state index is 14.3. The second-order valence-electron chi connectivity index (χ2n) is 7.80. The van der Waals surface area contributed by atoms with E-state index in [0.29, 0.717) is 17.7 Å². The normalized spacial score (nSPS) is 20.1. The molecule has 0 aliphatic carbocycles. The molecular weight excluding hydrogens is 462 g/mol. The minimum absolute atomic E-state index is 0.0119. The average Bonchev–Trinajstić information content (AvgIpc) is 3.07. The van der Waals surface area contributed by atoms with Crippen LogP contribution in [0.4, 0.5) is 19.3 Å². The fourth-order valence-corrected chi connectivity index (χ4v) is 4.08. The van der Waals surface area contributed by atoms with Crippen LogP contribution in [0.5, 0.6) is 0 Å². The number of nitrogens with zero attached hydrogens (tertiary/aromatic N) is 4. The molecule has 33 heavy (non-hydrogen) atoms. The highest BCUT2D eigenvalue weighted by Crippen LogP contribution is 2.30. The molecule has 1 aromatic heterocycles. The molecule has 1 aromatic carbocycles. The first kappa shape index (κ1) is 22.9. The number of benzene rings is 1.